The minimum absolute atomic E-state index is 0.0528. The van der Waals surface area contributed by atoms with E-state index in [1.165, 1.54) is 4.90 Å². The van der Waals surface area contributed by atoms with Crippen LogP contribution in [0.5, 0.6) is 0 Å². The minimum atomic E-state index is -2.00. The molecule has 2 amide bonds. The van der Waals surface area contributed by atoms with Crippen molar-refractivity contribution in [1.82, 2.24) is 4.90 Å². The molecule has 0 radical (unpaired) electrons. The van der Waals surface area contributed by atoms with E-state index >= 15 is 0 Å². The van der Waals surface area contributed by atoms with Gasteiger partial charge in [0.2, 0.25) is 5.91 Å². The average molecular weight is 404 g/mol. The first kappa shape index (κ1) is 22.4. The lowest BCUT2D eigenvalue weighted by Gasteiger charge is -2.37. The van der Waals surface area contributed by atoms with Crippen LogP contribution in [0.1, 0.15) is 32.8 Å². The fraction of sp³-hybridized carbons (Fsp3) is 0.545. The van der Waals surface area contributed by atoms with Gasteiger partial charge in [-0.05, 0) is 36.5 Å². The number of allylic oxidation sites excluding steroid dienone is 1. The number of carbonyl (C=O) groups excluding carboxylic acids is 2. The summed E-state index contributed by atoms with van der Waals surface area (Å²) >= 11 is 0. The summed E-state index contributed by atoms with van der Waals surface area (Å²) in [4.78, 5) is 26.8. The third-order valence-corrected chi connectivity index (χ3v) is 10.3. The minimum Gasteiger partial charge on any atom is -0.447 e. The Morgan fingerprint density at radius 1 is 1.36 bits per heavy atom. The average Bonchev–Trinajstić information content (AvgIpc) is 2.98. The first-order valence-electron chi connectivity index (χ1n) is 9.85. The molecular formula is C22H33NO4Si. The lowest BCUT2D eigenvalue weighted by Crippen LogP contribution is -2.47. The van der Waals surface area contributed by atoms with Gasteiger partial charge in [0, 0.05) is 6.61 Å². The van der Waals surface area contributed by atoms with Crippen LogP contribution in [0.3, 0.4) is 0 Å². The Bertz CT molecular complexity index is 696. The van der Waals surface area contributed by atoms with Crippen LogP contribution in [0, 0.1) is 5.92 Å². The molecule has 6 heteroatoms. The zero-order valence-electron chi connectivity index (χ0n) is 17.7. The van der Waals surface area contributed by atoms with Crippen LogP contribution >= 0.6 is 0 Å². The zero-order valence-corrected chi connectivity index (χ0v) is 18.7. The second-order valence-electron chi connectivity index (χ2n) is 8.92. The van der Waals surface area contributed by atoms with Gasteiger partial charge in [-0.3, -0.25) is 4.79 Å². The van der Waals surface area contributed by atoms with Crippen LogP contribution in [0.25, 0.3) is 0 Å². The topological polar surface area (TPSA) is 55.8 Å². The second kappa shape index (κ2) is 9.05. The van der Waals surface area contributed by atoms with Crippen molar-refractivity contribution in [2.45, 2.75) is 57.8 Å². The molecular weight excluding hydrogens is 370 g/mol. The maximum atomic E-state index is 13.2. The smallest absolute Gasteiger partial charge is 0.416 e. The molecule has 0 saturated carbocycles. The maximum Gasteiger partial charge on any atom is 0.416 e. The van der Waals surface area contributed by atoms with Crippen molar-refractivity contribution in [3.8, 4) is 0 Å². The Hall–Kier alpha value is -1.92. The molecule has 1 fully saturated rings. The molecule has 0 aromatic heterocycles. The van der Waals surface area contributed by atoms with Crippen LogP contribution in [-0.4, -0.2) is 44.5 Å². The monoisotopic (exact) mass is 403 g/mol. The summed E-state index contributed by atoms with van der Waals surface area (Å²) in [6.07, 6.45) is 2.20. The predicted molar refractivity (Wildman–Crippen MR) is 114 cm³/mol. The molecule has 5 nitrogen and oxygen atoms in total. The van der Waals surface area contributed by atoms with Gasteiger partial charge in [0.05, 0.1) is 12.0 Å². The number of cyclic esters (lactones) is 1. The van der Waals surface area contributed by atoms with Gasteiger partial charge in [-0.2, -0.15) is 0 Å². The standard InChI is InChI=1S/C22H33NO4Si/c1-7-11-18(15-27-28(5,6)22(2,3)4)20(24)23-19(16-26-21(23)25)14-17-12-9-8-10-13-17/h7-10,12-13,18-19H,1,11,14-16H2,2-6H3/t18-,19+/m1/s1. The summed E-state index contributed by atoms with van der Waals surface area (Å²) in [7, 11) is -2.00. The number of benzene rings is 1. The highest BCUT2D eigenvalue weighted by molar-refractivity contribution is 6.74. The van der Waals surface area contributed by atoms with Gasteiger partial charge in [-0.15, -0.1) is 6.58 Å². The molecule has 1 aromatic carbocycles. The van der Waals surface area contributed by atoms with Crippen molar-refractivity contribution in [1.29, 1.82) is 0 Å². The third-order valence-electron chi connectivity index (χ3n) is 5.76. The molecule has 1 heterocycles. The zero-order chi connectivity index (χ0) is 20.9. The molecule has 2 atom stereocenters. The summed E-state index contributed by atoms with van der Waals surface area (Å²) in [5.74, 6) is -0.669. The summed E-state index contributed by atoms with van der Waals surface area (Å²) in [5.41, 5.74) is 1.07. The Morgan fingerprint density at radius 3 is 2.57 bits per heavy atom. The number of rotatable bonds is 8. The van der Waals surface area contributed by atoms with Crippen molar-refractivity contribution in [2.24, 2.45) is 5.92 Å². The first-order chi connectivity index (χ1) is 13.1. The van der Waals surface area contributed by atoms with Gasteiger partial charge in [0.1, 0.15) is 6.61 Å². The highest BCUT2D eigenvalue weighted by Gasteiger charge is 2.42. The normalized spacial score (nSPS) is 18.7. The number of amides is 2. The van der Waals surface area contributed by atoms with Gasteiger partial charge >= 0.3 is 6.09 Å². The van der Waals surface area contributed by atoms with E-state index in [0.29, 0.717) is 19.4 Å². The molecule has 0 spiro atoms. The van der Waals surface area contributed by atoms with Gasteiger partial charge in [0.25, 0.3) is 0 Å². The molecule has 0 bridgehead atoms. The fourth-order valence-corrected chi connectivity index (χ4v) is 3.98. The summed E-state index contributed by atoms with van der Waals surface area (Å²) in [5, 5.41) is 0.0528. The van der Waals surface area contributed by atoms with Crippen LogP contribution in [0.15, 0.2) is 43.0 Å². The van der Waals surface area contributed by atoms with Crippen LogP contribution in [0.2, 0.25) is 18.1 Å². The van der Waals surface area contributed by atoms with Crippen molar-refractivity contribution in [3.05, 3.63) is 48.6 Å². The molecule has 0 aliphatic carbocycles. The highest BCUT2D eigenvalue weighted by Crippen LogP contribution is 2.37. The van der Waals surface area contributed by atoms with Gasteiger partial charge < -0.3 is 9.16 Å². The third kappa shape index (κ3) is 5.32. The largest absolute Gasteiger partial charge is 0.447 e. The van der Waals surface area contributed by atoms with E-state index < -0.39 is 20.3 Å². The number of ether oxygens (including phenoxy) is 1. The molecule has 1 aromatic rings. The van der Waals surface area contributed by atoms with Crippen LogP contribution in [0.4, 0.5) is 4.79 Å². The van der Waals surface area contributed by atoms with E-state index in [9.17, 15) is 9.59 Å². The molecule has 0 N–H and O–H groups in total. The van der Waals surface area contributed by atoms with E-state index in [0.717, 1.165) is 5.56 Å². The van der Waals surface area contributed by atoms with Gasteiger partial charge in [-0.25, -0.2) is 9.69 Å². The molecule has 1 saturated heterocycles. The maximum absolute atomic E-state index is 13.2. The van der Waals surface area contributed by atoms with E-state index in [1.54, 1.807) is 6.08 Å². The van der Waals surface area contributed by atoms with Crippen LogP contribution < -0.4 is 0 Å². The molecule has 1 aliphatic rings. The Morgan fingerprint density at radius 2 is 2.00 bits per heavy atom. The van der Waals surface area contributed by atoms with E-state index in [4.69, 9.17) is 9.16 Å². The summed E-state index contributed by atoms with van der Waals surface area (Å²) < 4.78 is 11.5. The highest BCUT2D eigenvalue weighted by atomic mass is 28.4. The van der Waals surface area contributed by atoms with Gasteiger partial charge in [0.15, 0.2) is 8.32 Å². The van der Waals surface area contributed by atoms with E-state index in [2.05, 4.69) is 40.4 Å². The van der Waals surface area contributed by atoms with E-state index in [1.807, 2.05) is 30.3 Å². The van der Waals surface area contributed by atoms with Crippen molar-refractivity contribution < 1.29 is 18.8 Å². The Labute approximate surface area is 169 Å². The lowest BCUT2D eigenvalue weighted by molar-refractivity contribution is -0.134. The van der Waals surface area contributed by atoms with Crippen molar-refractivity contribution in [3.63, 3.8) is 0 Å². The first-order valence-corrected chi connectivity index (χ1v) is 12.8. The quantitative estimate of drug-likeness (QED) is 0.462. The second-order valence-corrected chi connectivity index (χ2v) is 13.7. The predicted octanol–water partition coefficient (Wildman–Crippen LogP) is 4.79. The van der Waals surface area contributed by atoms with Crippen molar-refractivity contribution in [2.75, 3.05) is 13.2 Å². The fourth-order valence-electron chi connectivity index (χ4n) is 2.93. The van der Waals surface area contributed by atoms with Gasteiger partial charge in [-0.1, -0.05) is 57.2 Å². The SMILES string of the molecule is C=CC[C@H](CO[Si](C)(C)C(C)(C)C)C(=O)N1C(=O)OC[C@@H]1Cc1ccccc1. The lowest BCUT2D eigenvalue weighted by atomic mass is 10.0. The Kier molecular flexibility index (Phi) is 7.23. The Balaban J connectivity index is 2.13. The summed E-state index contributed by atoms with van der Waals surface area (Å²) in [6.45, 7) is 15.1. The number of hydrogen-bond donors (Lipinski definition) is 0. The van der Waals surface area contributed by atoms with Crippen molar-refractivity contribution >= 4 is 20.3 Å². The number of nitrogens with zero attached hydrogens (tertiary/aromatic N) is 1. The number of carbonyl (C=O) groups is 2. The van der Waals surface area contributed by atoms with E-state index in [-0.39, 0.29) is 23.6 Å². The molecule has 154 valence electrons. The molecule has 28 heavy (non-hydrogen) atoms. The summed E-state index contributed by atoms with van der Waals surface area (Å²) in [6, 6.07) is 9.54. The van der Waals surface area contributed by atoms with Crippen LogP contribution in [-0.2, 0) is 20.4 Å². The number of imide groups is 1. The number of hydrogen-bond acceptors (Lipinski definition) is 4. The molecule has 2 rings (SSSR count). The molecule has 0 unspecified atom stereocenters. The molecule has 1 aliphatic heterocycles.